The van der Waals surface area contributed by atoms with Crippen molar-refractivity contribution in [2.45, 2.75) is 32.4 Å². The van der Waals surface area contributed by atoms with Gasteiger partial charge in [0.15, 0.2) is 5.96 Å². The zero-order valence-electron chi connectivity index (χ0n) is 17.6. The molecule has 1 unspecified atom stereocenters. The molecule has 0 aliphatic carbocycles. The molecular formula is C22H33IN4O2. The van der Waals surface area contributed by atoms with E-state index in [2.05, 4.69) is 45.4 Å². The Balaban J connectivity index is 0.00000300. The second kappa shape index (κ2) is 12.1. The largest absolute Gasteiger partial charge is 0.494 e. The zero-order chi connectivity index (χ0) is 19.8. The van der Waals surface area contributed by atoms with Crippen LogP contribution >= 0.6 is 24.0 Å². The van der Waals surface area contributed by atoms with Gasteiger partial charge < -0.3 is 19.4 Å². The number of ether oxygens (including phenoxy) is 1. The van der Waals surface area contributed by atoms with Crippen molar-refractivity contribution in [2.24, 2.45) is 4.99 Å². The smallest absolute Gasteiger partial charge is 0.193 e. The van der Waals surface area contributed by atoms with E-state index in [1.807, 2.05) is 32.2 Å². The van der Waals surface area contributed by atoms with Crippen molar-refractivity contribution >= 4 is 29.9 Å². The highest BCUT2D eigenvalue weighted by atomic mass is 127. The Morgan fingerprint density at radius 3 is 2.55 bits per heavy atom. The topological polar surface area (TPSA) is 53.2 Å². The minimum absolute atomic E-state index is 0. The van der Waals surface area contributed by atoms with E-state index >= 15 is 0 Å². The number of furan rings is 1. The fourth-order valence-corrected chi connectivity index (χ4v) is 3.72. The van der Waals surface area contributed by atoms with Crippen LogP contribution in [-0.2, 0) is 6.54 Å². The van der Waals surface area contributed by atoms with E-state index in [0.717, 1.165) is 43.6 Å². The van der Waals surface area contributed by atoms with Crippen molar-refractivity contribution < 1.29 is 9.15 Å². The van der Waals surface area contributed by atoms with Gasteiger partial charge in [-0.05, 0) is 62.7 Å². The minimum Gasteiger partial charge on any atom is -0.494 e. The predicted octanol–water partition coefficient (Wildman–Crippen LogP) is 4.14. The van der Waals surface area contributed by atoms with E-state index in [-0.39, 0.29) is 30.0 Å². The number of guanidine groups is 1. The van der Waals surface area contributed by atoms with E-state index in [0.29, 0.717) is 6.61 Å². The summed E-state index contributed by atoms with van der Waals surface area (Å²) in [5.74, 6) is 2.80. The van der Waals surface area contributed by atoms with Crippen LogP contribution in [0.3, 0.4) is 0 Å². The molecule has 1 N–H and O–H groups in total. The maximum Gasteiger partial charge on any atom is 0.193 e. The van der Waals surface area contributed by atoms with Gasteiger partial charge in [-0.15, -0.1) is 24.0 Å². The van der Waals surface area contributed by atoms with Gasteiger partial charge in [0.25, 0.3) is 0 Å². The summed E-state index contributed by atoms with van der Waals surface area (Å²) in [5.41, 5.74) is 1.22. The first-order valence-corrected chi connectivity index (χ1v) is 10.1. The summed E-state index contributed by atoms with van der Waals surface area (Å²) in [4.78, 5) is 9.10. The van der Waals surface area contributed by atoms with Crippen LogP contribution in [0.4, 0.5) is 0 Å². The maximum atomic E-state index is 5.71. The lowest BCUT2D eigenvalue weighted by atomic mass is 10.2. The molecule has 0 amide bonds. The van der Waals surface area contributed by atoms with Crippen LogP contribution in [0.1, 0.15) is 37.1 Å². The number of aliphatic imine (C=N–C) groups is 1. The number of halogens is 1. The molecule has 0 radical (unpaired) electrons. The Morgan fingerprint density at radius 1 is 1.24 bits per heavy atom. The molecule has 1 aliphatic rings. The third-order valence-electron chi connectivity index (χ3n) is 5.13. The average molecular weight is 512 g/mol. The van der Waals surface area contributed by atoms with E-state index in [1.165, 1.54) is 18.4 Å². The van der Waals surface area contributed by atoms with Crippen LogP contribution in [-0.4, -0.2) is 56.1 Å². The molecule has 0 spiro atoms. The van der Waals surface area contributed by atoms with Crippen LogP contribution in [0.25, 0.3) is 0 Å². The van der Waals surface area contributed by atoms with Gasteiger partial charge in [-0.2, -0.15) is 0 Å². The van der Waals surface area contributed by atoms with Gasteiger partial charge >= 0.3 is 0 Å². The molecule has 3 rings (SSSR count). The lowest BCUT2D eigenvalue weighted by Crippen LogP contribution is -2.43. The summed E-state index contributed by atoms with van der Waals surface area (Å²) in [7, 11) is 3.89. The van der Waals surface area contributed by atoms with Crippen LogP contribution in [0.5, 0.6) is 5.75 Å². The van der Waals surface area contributed by atoms with E-state index < -0.39 is 0 Å². The summed E-state index contributed by atoms with van der Waals surface area (Å²) < 4.78 is 11.2. The molecule has 1 saturated heterocycles. The van der Waals surface area contributed by atoms with Gasteiger partial charge in [-0.3, -0.25) is 9.89 Å². The highest BCUT2D eigenvalue weighted by Gasteiger charge is 2.26. The van der Waals surface area contributed by atoms with Crippen molar-refractivity contribution in [3.63, 3.8) is 0 Å². The van der Waals surface area contributed by atoms with Crippen molar-refractivity contribution in [3.8, 4) is 5.75 Å². The predicted molar refractivity (Wildman–Crippen MR) is 128 cm³/mol. The third-order valence-corrected chi connectivity index (χ3v) is 5.13. The van der Waals surface area contributed by atoms with E-state index in [4.69, 9.17) is 9.15 Å². The summed E-state index contributed by atoms with van der Waals surface area (Å²) in [6.45, 7) is 6.47. The van der Waals surface area contributed by atoms with Crippen molar-refractivity contribution in [1.82, 2.24) is 15.1 Å². The fraction of sp³-hybridized carbons (Fsp3) is 0.500. The minimum atomic E-state index is 0. The Bertz CT molecular complexity index is 728. The van der Waals surface area contributed by atoms with Crippen LogP contribution in [0, 0.1) is 0 Å². The molecule has 2 aromatic rings. The van der Waals surface area contributed by atoms with Gasteiger partial charge in [0.1, 0.15) is 11.5 Å². The molecule has 1 aliphatic heterocycles. The molecule has 0 bridgehead atoms. The first-order valence-electron chi connectivity index (χ1n) is 10.1. The summed E-state index contributed by atoms with van der Waals surface area (Å²) in [6.07, 6.45) is 4.26. The molecule has 1 fully saturated rings. The standard InChI is InChI=1S/C22H32N4O2.HI/c1-4-27-19-11-9-18(10-12-19)17-25(3)22(23-2)24-16-20(21-8-7-15-28-21)26-13-5-6-14-26;/h7-12,15,20H,4-6,13-14,16-17H2,1-3H3,(H,23,24);1H. The fourth-order valence-electron chi connectivity index (χ4n) is 3.72. The second-order valence-corrected chi connectivity index (χ2v) is 7.14. The lowest BCUT2D eigenvalue weighted by Gasteiger charge is -2.29. The van der Waals surface area contributed by atoms with Gasteiger partial charge in [0, 0.05) is 27.2 Å². The third kappa shape index (κ3) is 6.64. The highest BCUT2D eigenvalue weighted by molar-refractivity contribution is 14.0. The van der Waals surface area contributed by atoms with Crippen molar-refractivity contribution in [3.05, 3.63) is 54.0 Å². The molecular weight excluding hydrogens is 479 g/mol. The molecule has 6 nitrogen and oxygen atoms in total. The summed E-state index contributed by atoms with van der Waals surface area (Å²) >= 11 is 0. The lowest BCUT2D eigenvalue weighted by molar-refractivity contribution is 0.214. The number of hydrogen-bond donors (Lipinski definition) is 1. The van der Waals surface area contributed by atoms with Gasteiger partial charge in [-0.25, -0.2) is 0 Å². The van der Waals surface area contributed by atoms with Crippen molar-refractivity contribution in [1.29, 1.82) is 0 Å². The van der Waals surface area contributed by atoms with Gasteiger partial charge in [-0.1, -0.05) is 12.1 Å². The average Bonchev–Trinajstić information content (AvgIpc) is 3.41. The quantitative estimate of drug-likeness (QED) is 0.328. The molecule has 0 saturated carbocycles. The monoisotopic (exact) mass is 512 g/mol. The molecule has 1 aromatic carbocycles. The van der Waals surface area contributed by atoms with Gasteiger partial charge in [0.05, 0.1) is 18.9 Å². The molecule has 2 heterocycles. The van der Waals surface area contributed by atoms with E-state index in [9.17, 15) is 0 Å². The molecule has 160 valence electrons. The Morgan fingerprint density at radius 2 is 1.97 bits per heavy atom. The maximum absolute atomic E-state index is 5.71. The van der Waals surface area contributed by atoms with Crippen molar-refractivity contribution in [2.75, 3.05) is 40.3 Å². The number of hydrogen-bond acceptors (Lipinski definition) is 4. The van der Waals surface area contributed by atoms with Gasteiger partial charge in [0.2, 0.25) is 0 Å². The Hall–Kier alpha value is -1.74. The summed E-state index contributed by atoms with van der Waals surface area (Å²) in [6, 6.07) is 12.5. The first-order chi connectivity index (χ1) is 13.7. The molecule has 29 heavy (non-hydrogen) atoms. The Labute approximate surface area is 191 Å². The molecule has 7 heteroatoms. The number of benzene rings is 1. The molecule has 1 aromatic heterocycles. The number of nitrogens with zero attached hydrogens (tertiary/aromatic N) is 3. The second-order valence-electron chi connectivity index (χ2n) is 7.14. The van der Waals surface area contributed by atoms with E-state index in [1.54, 1.807) is 6.26 Å². The van der Waals surface area contributed by atoms with Crippen LogP contribution in [0.15, 0.2) is 52.1 Å². The van der Waals surface area contributed by atoms with Crippen LogP contribution < -0.4 is 10.1 Å². The number of likely N-dealkylation sites (tertiary alicyclic amines) is 1. The SMILES string of the molecule is CCOc1ccc(CN(C)C(=NC)NCC(c2ccco2)N2CCCC2)cc1.I. The Kier molecular flexibility index (Phi) is 9.80. The number of nitrogens with one attached hydrogen (secondary N) is 1. The van der Waals surface area contributed by atoms with Crippen LogP contribution in [0.2, 0.25) is 0 Å². The summed E-state index contributed by atoms with van der Waals surface area (Å²) in [5, 5.41) is 3.54. The first kappa shape index (κ1) is 23.5. The normalized spacial score (nSPS) is 15.6. The highest BCUT2D eigenvalue weighted by Crippen LogP contribution is 2.25. The zero-order valence-corrected chi connectivity index (χ0v) is 20.0. The molecule has 1 atom stereocenters. The number of rotatable bonds is 8.